The van der Waals surface area contributed by atoms with Gasteiger partial charge in [-0.15, -0.1) is 0 Å². The zero-order chi connectivity index (χ0) is 12.4. The Morgan fingerprint density at radius 3 is 2.41 bits per heavy atom. The highest BCUT2D eigenvalue weighted by Gasteiger charge is 2.21. The fourth-order valence-electron chi connectivity index (χ4n) is 2.74. The summed E-state index contributed by atoms with van der Waals surface area (Å²) in [6.45, 7) is 4.09. The summed E-state index contributed by atoms with van der Waals surface area (Å²) in [5, 5.41) is 8.85. The number of aryl methyl sites for hydroxylation is 1. The molecular formula is C15H18FN. The van der Waals surface area contributed by atoms with Crippen LogP contribution in [-0.4, -0.2) is 0 Å². The highest BCUT2D eigenvalue weighted by Crippen LogP contribution is 2.36. The third-order valence-corrected chi connectivity index (χ3v) is 3.91. The van der Waals surface area contributed by atoms with Crippen molar-refractivity contribution in [3.63, 3.8) is 0 Å². The smallest absolute Gasteiger partial charge is 0.141 e. The van der Waals surface area contributed by atoms with Gasteiger partial charge < -0.3 is 0 Å². The van der Waals surface area contributed by atoms with Gasteiger partial charge in [-0.2, -0.15) is 5.26 Å². The zero-order valence-electron chi connectivity index (χ0n) is 10.5. The average molecular weight is 231 g/mol. The largest absolute Gasteiger partial charge is 0.206 e. The number of nitrogens with zero attached hydrogens (tertiary/aromatic N) is 1. The van der Waals surface area contributed by atoms with Crippen LogP contribution >= 0.6 is 0 Å². The van der Waals surface area contributed by atoms with E-state index < -0.39 is 0 Å². The molecule has 0 amide bonds. The molecule has 0 spiro atoms. The summed E-state index contributed by atoms with van der Waals surface area (Å²) in [6, 6.07) is 5.48. The number of hydrogen-bond donors (Lipinski definition) is 0. The molecule has 1 aliphatic rings. The molecule has 0 N–H and O–H groups in total. The van der Waals surface area contributed by atoms with E-state index in [1.807, 2.05) is 19.1 Å². The predicted molar refractivity (Wildman–Crippen MR) is 66.2 cm³/mol. The predicted octanol–water partition coefficient (Wildman–Crippen LogP) is 4.30. The summed E-state index contributed by atoms with van der Waals surface area (Å²) in [5.41, 5.74) is 2.03. The molecule has 0 unspecified atom stereocenters. The van der Waals surface area contributed by atoms with E-state index in [2.05, 4.69) is 6.92 Å². The summed E-state index contributed by atoms with van der Waals surface area (Å²) in [7, 11) is 0. The van der Waals surface area contributed by atoms with Gasteiger partial charge in [0.05, 0.1) is 5.56 Å². The quantitative estimate of drug-likeness (QED) is 0.707. The van der Waals surface area contributed by atoms with E-state index in [0.29, 0.717) is 5.92 Å². The average Bonchev–Trinajstić information content (AvgIpc) is 2.29. The summed E-state index contributed by atoms with van der Waals surface area (Å²) in [5.74, 6) is 0.920. The second-order valence-electron chi connectivity index (χ2n) is 5.26. The molecule has 90 valence electrons. The normalized spacial score (nSPS) is 24.4. The first-order chi connectivity index (χ1) is 8.11. The van der Waals surface area contributed by atoms with Crippen LogP contribution in [0.3, 0.4) is 0 Å². The number of benzene rings is 1. The van der Waals surface area contributed by atoms with E-state index in [4.69, 9.17) is 5.26 Å². The molecule has 0 radical (unpaired) electrons. The molecule has 1 aromatic rings. The SMILES string of the molecule is Cc1cc(C2CCC(C)CC2)cc(F)c1C#N. The van der Waals surface area contributed by atoms with E-state index in [1.165, 1.54) is 12.8 Å². The minimum atomic E-state index is -0.360. The molecule has 2 rings (SSSR count). The standard InChI is InChI=1S/C15H18FN/c1-10-3-5-12(6-4-10)13-7-11(2)14(9-17)15(16)8-13/h7-8,10,12H,3-6H2,1-2H3. The molecule has 1 nitrogen and oxygen atoms in total. The molecule has 0 aromatic heterocycles. The van der Waals surface area contributed by atoms with Crippen LogP contribution < -0.4 is 0 Å². The number of nitriles is 1. The van der Waals surface area contributed by atoms with Gasteiger partial charge in [-0.25, -0.2) is 4.39 Å². The van der Waals surface area contributed by atoms with Gasteiger partial charge in [0.2, 0.25) is 0 Å². The van der Waals surface area contributed by atoms with Crippen molar-refractivity contribution in [3.8, 4) is 6.07 Å². The Bertz CT molecular complexity index is 427. The van der Waals surface area contributed by atoms with Crippen LogP contribution in [0.1, 0.15) is 55.2 Å². The Morgan fingerprint density at radius 2 is 1.88 bits per heavy atom. The monoisotopic (exact) mass is 231 g/mol. The highest BCUT2D eigenvalue weighted by molar-refractivity contribution is 5.41. The first-order valence-corrected chi connectivity index (χ1v) is 6.32. The van der Waals surface area contributed by atoms with Gasteiger partial charge in [0.1, 0.15) is 11.9 Å². The van der Waals surface area contributed by atoms with Crippen molar-refractivity contribution in [2.75, 3.05) is 0 Å². The van der Waals surface area contributed by atoms with E-state index in [0.717, 1.165) is 29.9 Å². The van der Waals surface area contributed by atoms with Gasteiger partial charge in [-0.05, 0) is 48.8 Å². The topological polar surface area (TPSA) is 23.8 Å². The fraction of sp³-hybridized carbons (Fsp3) is 0.533. The Hall–Kier alpha value is -1.36. The van der Waals surface area contributed by atoms with E-state index in [9.17, 15) is 4.39 Å². The Kier molecular flexibility index (Phi) is 3.47. The van der Waals surface area contributed by atoms with Crippen LogP contribution in [0.4, 0.5) is 4.39 Å². The van der Waals surface area contributed by atoms with Gasteiger partial charge in [0.15, 0.2) is 0 Å². The van der Waals surface area contributed by atoms with Crippen LogP contribution in [0.15, 0.2) is 12.1 Å². The minimum absolute atomic E-state index is 0.193. The molecule has 0 bridgehead atoms. The molecule has 0 heterocycles. The van der Waals surface area contributed by atoms with Crippen LogP contribution in [0.25, 0.3) is 0 Å². The van der Waals surface area contributed by atoms with E-state index in [-0.39, 0.29) is 11.4 Å². The van der Waals surface area contributed by atoms with E-state index >= 15 is 0 Å². The Morgan fingerprint density at radius 1 is 1.24 bits per heavy atom. The summed E-state index contributed by atoms with van der Waals surface area (Å²) < 4.78 is 13.7. The molecule has 0 aliphatic heterocycles. The molecule has 1 aliphatic carbocycles. The maximum atomic E-state index is 13.7. The maximum Gasteiger partial charge on any atom is 0.141 e. The molecule has 1 fully saturated rings. The third kappa shape index (κ3) is 2.49. The van der Waals surface area contributed by atoms with Crippen LogP contribution in [0.5, 0.6) is 0 Å². The Balaban J connectivity index is 2.26. The summed E-state index contributed by atoms with van der Waals surface area (Å²) in [4.78, 5) is 0. The summed E-state index contributed by atoms with van der Waals surface area (Å²) >= 11 is 0. The lowest BCUT2D eigenvalue weighted by Crippen LogP contribution is -2.11. The number of hydrogen-bond acceptors (Lipinski definition) is 1. The number of halogens is 1. The second kappa shape index (κ2) is 4.87. The fourth-order valence-corrected chi connectivity index (χ4v) is 2.74. The van der Waals surface area contributed by atoms with Crippen molar-refractivity contribution in [1.82, 2.24) is 0 Å². The maximum absolute atomic E-state index is 13.7. The highest BCUT2D eigenvalue weighted by atomic mass is 19.1. The Labute approximate surface area is 102 Å². The second-order valence-corrected chi connectivity index (χ2v) is 5.26. The molecule has 0 saturated heterocycles. The van der Waals surface area contributed by atoms with Crippen molar-refractivity contribution in [3.05, 3.63) is 34.6 Å². The molecular weight excluding hydrogens is 213 g/mol. The van der Waals surface area contributed by atoms with Crippen molar-refractivity contribution < 1.29 is 4.39 Å². The first-order valence-electron chi connectivity index (χ1n) is 6.32. The number of rotatable bonds is 1. The molecule has 17 heavy (non-hydrogen) atoms. The molecule has 2 heteroatoms. The van der Waals surface area contributed by atoms with Gasteiger partial charge >= 0.3 is 0 Å². The van der Waals surface area contributed by atoms with Gasteiger partial charge in [0, 0.05) is 0 Å². The zero-order valence-corrected chi connectivity index (χ0v) is 10.5. The lowest BCUT2D eigenvalue weighted by molar-refractivity contribution is 0.347. The van der Waals surface area contributed by atoms with Crippen LogP contribution in [0, 0.1) is 30.0 Å². The summed E-state index contributed by atoms with van der Waals surface area (Å²) in [6.07, 6.45) is 4.74. The first kappa shape index (κ1) is 12.1. The van der Waals surface area contributed by atoms with Crippen LogP contribution in [-0.2, 0) is 0 Å². The van der Waals surface area contributed by atoms with Crippen LogP contribution in [0.2, 0.25) is 0 Å². The van der Waals surface area contributed by atoms with Crippen molar-refractivity contribution in [2.24, 2.45) is 5.92 Å². The van der Waals surface area contributed by atoms with Gasteiger partial charge in [-0.1, -0.05) is 25.8 Å². The molecule has 1 aromatic carbocycles. The van der Waals surface area contributed by atoms with E-state index in [1.54, 1.807) is 6.07 Å². The van der Waals surface area contributed by atoms with Gasteiger partial charge in [-0.3, -0.25) is 0 Å². The lowest BCUT2D eigenvalue weighted by Gasteiger charge is -2.26. The van der Waals surface area contributed by atoms with Crippen molar-refractivity contribution in [1.29, 1.82) is 5.26 Å². The van der Waals surface area contributed by atoms with Gasteiger partial charge in [0.25, 0.3) is 0 Å². The third-order valence-electron chi connectivity index (χ3n) is 3.91. The minimum Gasteiger partial charge on any atom is -0.206 e. The molecule has 1 saturated carbocycles. The molecule has 0 atom stereocenters. The lowest BCUT2D eigenvalue weighted by atomic mass is 9.79. The van der Waals surface area contributed by atoms with Crippen molar-refractivity contribution >= 4 is 0 Å². The van der Waals surface area contributed by atoms with Crippen molar-refractivity contribution in [2.45, 2.75) is 45.4 Å².